The lowest BCUT2D eigenvalue weighted by molar-refractivity contribution is -0.132. The average molecular weight is 472 g/mol. The maximum Gasteiger partial charge on any atom is 0.300 e. The van der Waals surface area contributed by atoms with Gasteiger partial charge in [-0.05, 0) is 64.4 Å². The molecule has 0 bridgehead atoms. The molecule has 1 unspecified atom stereocenters. The Hall–Kier alpha value is -3.73. The number of rotatable bonds is 4. The van der Waals surface area contributed by atoms with E-state index in [1.54, 1.807) is 0 Å². The molecule has 1 atom stereocenters. The highest BCUT2D eigenvalue weighted by molar-refractivity contribution is 6.51. The molecule has 0 spiro atoms. The van der Waals surface area contributed by atoms with Gasteiger partial charge >= 0.3 is 0 Å². The van der Waals surface area contributed by atoms with Gasteiger partial charge < -0.3 is 5.11 Å². The van der Waals surface area contributed by atoms with Crippen LogP contribution in [0.4, 0.5) is 10.1 Å². The molecule has 1 N–H and O–H groups in total. The van der Waals surface area contributed by atoms with Gasteiger partial charge in [0.2, 0.25) is 0 Å². The molecular formula is C30H30FNO3. The second-order valence-corrected chi connectivity index (χ2v) is 10.3. The van der Waals surface area contributed by atoms with Gasteiger partial charge in [0.05, 0.1) is 11.6 Å². The van der Waals surface area contributed by atoms with Gasteiger partial charge in [-0.25, -0.2) is 4.39 Å². The average Bonchev–Trinajstić information content (AvgIpc) is 3.09. The van der Waals surface area contributed by atoms with Crippen molar-refractivity contribution >= 4 is 23.1 Å². The largest absolute Gasteiger partial charge is 0.507 e. The molecule has 0 aromatic heterocycles. The third kappa shape index (κ3) is 4.63. The lowest BCUT2D eigenvalue weighted by atomic mass is 9.85. The van der Waals surface area contributed by atoms with E-state index < -0.39 is 23.5 Å². The molecule has 1 aliphatic heterocycles. The Bertz CT molecular complexity index is 1280. The minimum Gasteiger partial charge on any atom is -0.507 e. The van der Waals surface area contributed by atoms with E-state index in [-0.39, 0.29) is 22.3 Å². The Balaban J connectivity index is 1.90. The fourth-order valence-electron chi connectivity index (χ4n) is 4.36. The SMILES string of the molecule is CC(C)c1ccc(N2C(=O)C(=O)/C(=C(\O)c3ccc(F)cc3)C2c2ccc(C(C)(C)C)cc2)cc1. The summed E-state index contributed by atoms with van der Waals surface area (Å²) in [5.74, 6) is -1.95. The van der Waals surface area contributed by atoms with Crippen molar-refractivity contribution < 1.29 is 19.1 Å². The first-order valence-electron chi connectivity index (χ1n) is 11.8. The van der Waals surface area contributed by atoms with Crippen LogP contribution < -0.4 is 4.90 Å². The van der Waals surface area contributed by atoms with E-state index in [1.807, 2.05) is 48.5 Å². The van der Waals surface area contributed by atoms with Crippen molar-refractivity contribution in [3.63, 3.8) is 0 Å². The molecule has 3 aromatic rings. The van der Waals surface area contributed by atoms with Crippen LogP contribution in [-0.4, -0.2) is 16.8 Å². The summed E-state index contributed by atoms with van der Waals surface area (Å²) >= 11 is 0. The van der Waals surface area contributed by atoms with Crippen molar-refractivity contribution in [1.82, 2.24) is 0 Å². The molecular weight excluding hydrogens is 441 g/mol. The van der Waals surface area contributed by atoms with Gasteiger partial charge in [-0.15, -0.1) is 0 Å². The standard InChI is InChI=1S/C30H30FNO3/c1-18(2)19-10-16-24(17-11-19)32-26(20-6-12-22(13-7-20)30(3,4)5)25(28(34)29(32)35)27(33)21-8-14-23(31)15-9-21/h6-18,26,33H,1-5H3/b27-25-. The zero-order valence-electron chi connectivity index (χ0n) is 20.7. The molecule has 4 rings (SSSR count). The second kappa shape index (κ2) is 9.14. The third-order valence-corrected chi connectivity index (χ3v) is 6.49. The number of halogens is 1. The summed E-state index contributed by atoms with van der Waals surface area (Å²) in [5, 5.41) is 11.2. The van der Waals surface area contributed by atoms with E-state index >= 15 is 0 Å². The molecule has 0 radical (unpaired) electrons. The highest BCUT2D eigenvalue weighted by Crippen LogP contribution is 2.42. The van der Waals surface area contributed by atoms with Gasteiger partial charge in [0.15, 0.2) is 0 Å². The van der Waals surface area contributed by atoms with E-state index in [0.717, 1.165) is 11.1 Å². The second-order valence-electron chi connectivity index (χ2n) is 10.3. The Morgan fingerprint density at radius 2 is 1.46 bits per heavy atom. The van der Waals surface area contributed by atoms with Crippen LogP contribution in [0.3, 0.4) is 0 Å². The number of ketones is 1. The highest BCUT2D eigenvalue weighted by Gasteiger charge is 2.47. The summed E-state index contributed by atoms with van der Waals surface area (Å²) in [4.78, 5) is 28.0. The van der Waals surface area contributed by atoms with Crippen LogP contribution in [0.25, 0.3) is 5.76 Å². The summed E-state index contributed by atoms with van der Waals surface area (Å²) in [6.45, 7) is 10.5. The molecule has 35 heavy (non-hydrogen) atoms. The summed E-state index contributed by atoms with van der Waals surface area (Å²) < 4.78 is 13.5. The number of benzene rings is 3. The predicted molar refractivity (Wildman–Crippen MR) is 137 cm³/mol. The van der Waals surface area contributed by atoms with Crippen LogP contribution in [0.1, 0.15) is 68.8 Å². The normalized spacial score (nSPS) is 17.9. The van der Waals surface area contributed by atoms with Crippen LogP contribution in [0, 0.1) is 5.82 Å². The Morgan fingerprint density at radius 1 is 0.886 bits per heavy atom. The third-order valence-electron chi connectivity index (χ3n) is 6.49. The number of anilines is 1. The molecule has 180 valence electrons. The minimum atomic E-state index is -0.820. The summed E-state index contributed by atoms with van der Waals surface area (Å²) in [7, 11) is 0. The van der Waals surface area contributed by atoms with Crippen LogP contribution in [0.2, 0.25) is 0 Å². The van der Waals surface area contributed by atoms with Crippen molar-refractivity contribution in [2.45, 2.75) is 52.0 Å². The quantitative estimate of drug-likeness (QED) is 0.257. The molecule has 1 aliphatic rings. The van der Waals surface area contributed by atoms with Crippen molar-refractivity contribution in [1.29, 1.82) is 0 Å². The number of amides is 1. The van der Waals surface area contributed by atoms with Gasteiger partial charge in [0.1, 0.15) is 11.6 Å². The van der Waals surface area contributed by atoms with Gasteiger partial charge in [-0.2, -0.15) is 0 Å². The molecule has 1 saturated heterocycles. The molecule has 1 fully saturated rings. The van der Waals surface area contributed by atoms with E-state index in [0.29, 0.717) is 17.2 Å². The first kappa shape index (κ1) is 24.4. The number of aliphatic hydroxyl groups excluding tert-OH is 1. The fourth-order valence-corrected chi connectivity index (χ4v) is 4.36. The van der Waals surface area contributed by atoms with Gasteiger partial charge in [0.25, 0.3) is 11.7 Å². The molecule has 3 aromatic carbocycles. The number of hydrogen-bond donors (Lipinski definition) is 1. The number of Topliss-reactive ketones (excluding diaryl/α,β-unsaturated/α-hetero) is 1. The van der Waals surface area contributed by atoms with Gasteiger partial charge in [0, 0.05) is 11.3 Å². The van der Waals surface area contributed by atoms with Crippen molar-refractivity contribution in [2.75, 3.05) is 4.90 Å². The number of aliphatic hydroxyl groups is 1. The first-order chi connectivity index (χ1) is 16.5. The molecule has 5 heteroatoms. The Labute approximate surface area is 205 Å². The lowest BCUT2D eigenvalue weighted by Gasteiger charge is -2.27. The number of carbonyl (C=O) groups is 2. The zero-order valence-corrected chi connectivity index (χ0v) is 20.7. The smallest absolute Gasteiger partial charge is 0.300 e. The number of nitrogens with zero attached hydrogens (tertiary/aromatic N) is 1. The maximum atomic E-state index is 13.5. The first-order valence-corrected chi connectivity index (χ1v) is 11.8. The summed E-state index contributed by atoms with van der Waals surface area (Å²) in [6, 6.07) is 19.7. The van der Waals surface area contributed by atoms with Gasteiger partial charge in [-0.1, -0.05) is 71.0 Å². The predicted octanol–water partition coefficient (Wildman–Crippen LogP) is 6.87. The molecule has 0 saturated carbocycles. The summed E-state index contributed by atoms with van der Waals surface area (Å²) in [6.07, 6.45) is 0. The van der Waals surface area contributed by atoms with E-state index in [9.17, 15) is 19.1 Å². The topological polar surface area (TPSA) is 57.6 Å². The molecule has 1 amide bonds. The Kier molecular flexibility index (Phi) is 6.37. The van der Waals surface area contributed by atoms with Crippen LogP contribution in [0.5, 0.6) is 0 Å². The summed E-state index contributed by atoms with van der Waals surface area (Å²) in [5.41, 5.74) is 3.68. The maximum absolute atomic E-state index is 13.5. The molecule has 4 nitrogen and oxygen atoms in total. The number of carbonyl (C=O) groups excluding carboxylic acids is 2. The van der Waals surface area contributed by atoms with E-state index in [1.165, 1.54) is 29.2 Å². The van der Waals surface area contributed by atoms with Crippen molar-refractivity contribution in [3.8, 4) is 0 Å². The lowest BCUT2D eigenvalue weighted by Crippen LogP contribution is -2.29. The minimum absolute atomic E-state index is 0.0157. The van der Waals surface area contributed by atoms with Crippen molar-refractivity contribution in [3.05, 3.63) is 106 Å². The molecule has 1 heterocycles. The van der Waals surface area contributed by atoms with E-state index in [4.69, 9.17) is 0 Å². The van der Waals surface area contributed by atoms with E-state index in [2.05, 4.69) is 34.6 Å². The monoisotopic (exact) mass is 471 g/mol. The Morgan fingerprint density at radius 3 is 1.97 bits per heavy atom. The van der Waals surface area contributed by atoms with Crippen LogP contribution in [0.15, 0.2) is 78.4 Å². The fraction of sp³-hybridized carbons (Fsp3) is 0.267. The highest BCUT2D eigenvalue weighted by atomic mass is 19.1. The molecule has 0 aliphatic carbocycles. The van der Waals surface area contributed by atoms with Gasteiger partial charge in [-0.3, -0.25) is 14.5 Å². The number of hydrogen-bond acceptors (Lipinski definition) is 3. The van der Waals surface area contributed by atoms with Crippen LogP contribution >= 0.6 is 0 Å². The zero-order chi connectivity index (χ0) is 25.5. The van der Waals surface area contributed by atoms with Crippen molar-refractivity contribution in [2.24, 2.45) is 0 Å². The van der Waals surface area contributed by atoms with Crippen LogP contribution in [-0.2, 0) is 15.0 Å².